The summed E-state index contributed by atoms with van der Waals surface area (Å²) in [4.78, 5) is 12.3. The Morgan fingerprint density at radius 1 is 0.939 bits per heavy atom. The highest BCUT2D eigenvalue weighted by Crippen LogP contribution is 2.25. The normalized spacial score (nSPS) is 10.7. The molecular formula is C25H23FN4O2S. The number of hydrogen-bond donors (Lipinski definition) is 1. The van der Waals surface area contributed by atoms with E-state index in [2.05, 4.69) is 15.5 Å². The van der Waals surface area contributed by atoms with E-state index in [1.807, 2.05) is 65.2 Å². The Morgan fingerprint density at radius 3 is 2.36 bits per heavy atom. The lowest BCUT2D eigenvalue weighted by Crippen LogP contribution is -2.29. The summed E-state index contributed by atoms with van der Waals surface area (Å²) in [5.74, 6) is 1.16. The minimum atomic E-state index is -0.310. The van der Waals surface area contributed by atoms with Gasteiger partial charge in [0, 0.05) is 5.56 Å². The van der Waals surface area contributed by atoms with E-state index in [9.17, 15) is 9.18 Å². The Balaban J connectivity index is 1.39. The molecule has 0 unspecified atom stereocenters. The molecule has 0 aliphatic rings. The van der Waals surface area contributed by atoms with Crippen LogP contribution in [0.1, 0.15) is 5.56 Å². The van der Waals surface area contributed by atoms with Crippen molar-refractivity contribution in [2.45, 2.75) is 11.7 Å². The van der Waals surface area contributed by atoms with Gasteiger partial charge in [-0.3, -0.25) is 9.36 Å². The monoisotopic (exact) mass is 462 g/mol. The number of nitrogens with zero attached hydrogens (tertiary/aromatic N) is 3. The van der Waals surface area contributed by atoms with Crippen molar-refractivity contribution in [2.24, 2.45) is 0 Å². The number of halogens is 1. The first-order valence-corrected chi connectivity index (χ1v) is 11.5. The van der Waals surface area contributed by atoms with E-state index in [0.717, 1.165) is 16.9 Å². The number of para-hydroxylation sites is 1. The second kappa shape index (κ2) is 11.3. The second-order valence-corrected chi connectivity index (χ2v) is 8.13. The van der Waals surface area contributed by atoms with Crippen molar-refractivity contribution in [3.8, 4) is 17.1 Å². The largest absolute Gasteiger partial charge is 0.492 e. The van der Waals surface area contributed by atoms with Gasteiger partial charge in [0.1, 0.15) is 18.2 Å². The first kappa shape index (κ1) is 22.5. The van der Waals surface area contributed by atoms with Crippen LogP contribution < -0.4 is 10.1 Å². The van der Waals surface area contributed by atoms with Gasteiger partial charge in [-0.05, 0) is 42.0 Å². The number of rotatable bonds is 10. The Hall–Kier alpha value is -3.65. The van der Waals surface area contributed by atoms with Crippen LogP contribution in [-0.4, -0.2) is 39.6 Å². The topological polar surface area (TPSA) is 69.0 Å². The third kappa shape index (κ3) is 6.43. The fourth-order valence-electron chi connectivity index (χ4n) is 3.17. The van der Waals surface area contributed by atoms with Crippen LogP contribution in [0, 0.1) is 5.82 Å². The molecule has 0 aliphatic heterocycles. The predicted octanol–water partition coefficient (Wildman–Crippen LogP) is 4.42. The van der Waals surface area contributed by atoms with Crippen LogP contribution in [0.15, 0.2) is 90.1 Å². The maximum Gasteiger partial charge on any atom is 0.230 e. The highest BCUT2D eigenvalue weighted by molar-refractivity contribution is 7.99. The quantitative estimate of drug-likeness (QED) is 0.279. The summed E-state index contributed by atoms with van der Waals surface area (Å²) in [5.41, 5.74) is 1.83. The average molecular weight is 463 g/mol. The molecule has 0 atom stereocenters. The van der Waals surface area contributed by atoms with Crippen molar-refractivity contribution in [2.75, 3.05) is 18.9 Å². The third-order valence-corrected chi connectivity index (χ3v) is 5.74. The molecule has 1 N–H and O–H groups in total. The van der Waals surface area contributed by atoms with Crippen molar-refractivity contribution in [3.63, 3.8) is 0 Å². The van der Waals surface area contributed by atoms with Gasteiger partial charge in [0.05, 0.1) is 18.8 Å². The standard InChI is InChI=1S/C25H23FN4O2S/c26-21-13-11-20(12-14-21)24-28-29-25(30(24)17-19-7-3-1-4-8-19)33-18-23(31)27-15-16-32-22-9-5-2-6-10-22/h1-14H,15-18H2,(H,27,31). The van der Waals surface area contributed by atoms with Crippen molar-refractivity contribution in [1.82, 2.24) is 20.1 Å². The molecule has 0 saturated carbocycles. The highest BCUT2D eigenvalue weighted by atomic mass is 32.2. The number of carbonyl (C=O) groups excluding carboxylic acids is 1. The van der Waals surface area contributed by atoms with E-state index in [4.69, 9.17) is 4.74 Å². The highest BCUT2D eigenvalue weighted by Gasteiger charge is 2.16. The van der Waals surface area contributed by atoms with Gasteiger partial charge >= 0.3 is 0 Å². The summed E-state index contributed by atoms with van der Waals surface area (Å²) < 4.78 is 20.9. The molecule has 0 radical (unpaired) electrons. The van der Waals surface area contributed by atoms with Gasteiger partial charge < -0.3 is 10.1 Å². The van der Waals surface area contributed by atoms with Crippen molar-refractivity contribution >= 4 is 17.7 Å². The molecule has 3 aromatic carbocycles. The summed E-state index contributed by atoms with van der Waals surface area (Å²) in [7, 11) is 0. The number of thioether (sulfide) groups is 1. The number of benzene rings is 3. The molecule has 8 heteroatoms. The van der Waals surface area contributed by atoms with Crippen molar-refractivity contribution in [3.05, 3.63) is 96.3 Å². The van der Waals surface area contributed by atoms with Gasteiger partial charge in [-0.1, -0.05) is 60.3 Å². The number of hydrogen-bond acceptors (Lipinski definition) is 5. The smallest absolute Gasteiger partial charge is 0.230 e. The fraction of sp³-hybridized carbons (Fsp3) is 0.160. The van der Waals surface area contributed by atoms with Gasteiger partial charge in [-0.25, -0.2) is 4.39 Å². The second-order valence-electron chi connectivity index (χ2n) is 7.18. The zero-order chi connectivity index (χ0) is 22.9. The third-order valence-electron chi connectivity index (χ3n) is 4.77. The molecule has 168 valence electrons. The van der Waals surface area contributed by atoms with E-state index in [-0.39, 0.29) is 17.5 Å². The Kier molecular flexibility index (Phi) is 7.71. The minimum absolute atomic E-state index is 0.116. The first-order chi connectivity index (χ1) is 16.2. The lowest BCUT2D eigenvalue weighted by molar-refractivity contribution is -0.118. The van der Waals surface area contributed by atoms with Crippen LogP contribution in [0.4, 0.5) is 4.39 Å². The molecule has 1 aromatic heterocycles. The maximum atomic E-state index is 13.4. The maximum absolute atomic E-state index is 13.4. The number of aromatic nitrogens is 3. The molecule has 0 bridgehead atoms. The van der Waals surface area contributed by atoms with E-state index in [0.29, 0.717) is 30.7 Å². The van der Waals surface area contributed by atoms with E-state index in [1.165, 1.54) is 23.9 Å². The number of ether oxygens (including phenoxy) is 1. The SMILES string of the molecule is O=C(CSc1nnc(-c2ccc(F)cc2)n1Cc1ccccc1)NCCOc1ccccc1. The van der Waals surface area contributed by atoms with E-state index in [1.54, 1.807) is 12.1 Å². The first-order valence-electron chi connectivity index (χ1n) is 10.5. The summed E-state index contributed by atoms with van der Waals surface area (Å²) in [6.07, 6.45) is 0. The number of carbonyl (C=O) groups is 1. The molecular weight excluding hydrogens is 439 g/mol. The molecule has 6 nitrogen and oxygen atoms in total. The molecule has 0 saturated heterocycles. The van der Waals surface area contributed by atoms with Crippen LogP contribution in [0.5, 0.6) is 5.75 Å². The molecule has 4 aromatic rings. The summed E-state index contributed by atoms with van der Waals surface area (Å²) in [5, 5.41) is 12.1. The van der Waals surface area contributed by atoms with Crippen molar-refractivity contribution in [1.29, 1.82) is 0 Å². The zero-order valence-corrected chi connectivity index (χ0v) is 18.7. The van der Waals surface area contributed by atoms with Gasteiger partial charge in [-0.15, -0.1) is 10.2 Å². The Bertz CT molecular complexity index is 1170. The summed E-state index contributed by atoms with van der Waals surface area (Å²) >= 11 is 1.31. The van der Waals surface area contributed by atoms with Gasteiger partial charge in [0.25, 0.3) is 0 Å². The lowest BCUT2D eigenvalue weighted by atomic mass is 10.2. The summed E-state index contributed by atoms with van der Waals surface area (Å²) in [6.45, 7) is 1.33. The minimum Gasteiger partial charge on any atom is -0.492 e. The van der Waals surface area contributed by atoms with Gasteiger partial charge in [0.2, 0.25) is 5.91 Å². The predicted molar refractivity (Wildman–Crippen MR) is 127 cm³/mol. The average Bonchev–Trinajstić information content (AvgIpc) is 3.24. The number of nitrogens with one attached hydrogen (secondary N) is 1. The lowest BCUT2D eigenvalue weighted by Gasteiger charge is -2.11. The fourth-order valence-corrected chi connectivity index (χ4v) is 3.94. The van der Waals surface area contributed by atoms with Crippen LogP contribution in [0.3, 0.4) is 0 Å². The molecule has 0 aliphatic carbocycles. The zero-order valence-electron chi connectivity index (χ0n) is 17.9. The van der Waals surface area contributed by atoms with Crippen LogP contribution in [-0.2, 0) is 11.3 Å². The van der Waals surface area contributed by atoms with Crippen LogP contribution in [0.2, 0.25) is 0 Å². The molecule has 0 spiro atoms. The molecule has 1 amide bonds. The molecule has 4 rings (SSSR count). The summed E-state index contributed by atoms with van der Waals surface area (Å²) in [6, 6.07) is 25.5. The van der Waals surface area contributed by atoms with Crippen molar-refractivity contribution < 1.29 is 13.9 Å². The molecule has 33 heavy (non-hydrogen) atoms. The number of amides is 1. The van der Waals surface area contributed by atoms with Gasteiger partial charge in [-0.2, -0.15) is 0 Å². The van der Waals surface area contributed by atoms with E-state index < -0.39 is 0 Å². The molecule has 0 fully saturated rings. The van der Waals surface area contributed by atoms with Crippen LogP contribution >= 0.6 is 11.8 Å². The van der Waals surface area contributed by atoms with E-state index >= 15 is 0 Å². The van der Waals surface area contributed by atoms with Crippen LogP contribution in [0.25, 0.3) is 11.4 Å². The molecule has 1 heterocycles. The Morgan fingerprint density at radius 2 is 1.64 bits per heavy atom. The Labute approximate surface area is 195 Å². The van der Waals surface area contributed by atoms with Gasteiger partial charge in [0.15, 0.2) is 11.0 Å².